The number of nitrogens with one attached hydrogen (secondary N) is 2. The van der Waals surface area contributed by atoms with Crippen LogP contribution in [0.25, 0.3) is 0 Å². The molecule has 5 nitrogen and oxygen atoms in total. The van der Waals surface area contributed by atoms with Gasteiger partial charge in [-0.25, -0.2) is 4.99 Å². The Hall–Kier alpha value is -2.58. The molecule has 1 heterocycles. The lowest BCUT2D eigenvalue weighted by molar-refractivity contribution is -0.176. The Labute approximate surface area is 187 Å². The third-order valence-corrected chi connectivity index (χ3v) is 5.20. The number of benzene rings is 2. The zero-order valence-electron chi connectivity index (χ0n) is 18.2. The lowest BCUT2D eigenvalue weighted by Gasteiger charge is -2.21. The largest absolute Gasteiger partial charge is 0.411 e. The van der Waals surface area contributed by atoms with Gasteiger partial charge in [-0.15, -0.1) is 0 Å². The van der Waals surface area contributed by atoms with Crippen molar-refractivity contribution in [3.8, 4) is 0 Å². The Morgan fingerprint density at radius 1 is 1.06 bits per heavy atom. The van der Waals surface area contributed by atoms with E-state index in [2.05, 4.69) is 27.8 Å². The second kappa shape index (κ2) is 11.9. The van der Waals surface area contributed by atoms with Gasteiger partial charge < -0.3 is 20.1 Å². The van der Waals surface area contributed by atoms with E-state index in [0.717, 1.165) is 37.6 Å². The third kappa shape index (κ3) is 7.84. The van der Waals surface area contributed by atoms with Gasteiger partial charge in [-0.3, -0.25) is 0 Å². The molecule has 1 fully saturated rings. The molecule has 2 unspecified atom stereocenters. The lowest BCUT2D eigenvalue weighted by atomic mass is 9.95. The SMILES string of the molecule is CCNC(=NCc1ccc(COCC(F)(F)F)cc1)NCC1CCOC1c1ccccc1. The first-order valence-corrected chi connectivity index (χ1v) is 10.9. The second-order valence-corrected chi connectivity index (χ2v) is 7.75. The predicted molar refractivity (Wildman–Crippen MR) is 118 cm³/mol. The van der Waals surface area contributed by atoms with Crippen LogP contribution in [0, 0.1) is 5.92 Å². The van der Waals surface area contributed by atoms with E-state index < -0.39 is 12.8 Å². The van der Waals surface area contributed by atoms with Crippen LogP contribution in [0.3, 0.4) is 0 Å². The van der Waals surface area contributed by atoms with Crippen LogP contribution in [0.2, 0.25) is 0 Å². The summed E-state index contributed by atoms with van der Waals surface area (Å²) in [6.45, 7) is 3.40. The van der Waals surface area contributed by atoms with Gasteiger partial charge in [0, 0.05) is 25.6 Å². The maximum atomic E-state index is 12.2. The number of hydrogen-bond donors (Lipinski definition) is 2. The molecule has 8 heteroatoms. The molecule has 3 rings (SSSR count). The molecule has 0 amide bonds. The Bertz CT molecular complexity index is 842. The van der Waals surface area contributed by atoms with Gasteiger partial charge in [-0.1, -0.05) is 54.6 Å². The van der Waals surface area contributed by atoms with Crippen molar-refractivity contribution in [1.82, 2.24) is 10.6 Å². The van der Waals surface area contributed by atoms with Crippen molar-refractivity contribution in [3.63, 3.8) is 0 Å². The Morgan fingerprint density at radius 2 is 1.78 bits per heavy atom. The van der Waals surface area contributed by atoms with Crippen LogP contribution in [-0.4, -0.2) is 38.4 Å². The summed E-state index contributed by atoms with van der Waals surface area (Å²) in [6, 6.07) is 17.5. The summed E-state index contributed by atoms with van der Waals surface area (Å²) >= 11 is 0. The zero-order valence-corrected chi connectivity index (χ0v) is 18.2. The van der Waals surface area contributed by atoms with Crippen molar-refractivity contribution >= 4 is 5.96 Å². The van der Waals surface area contributed by atoms with Gasteiger partial charge in [0.25, 0.3) is 0 Å². The lowest BCUT2D eigenvalue weighted by Crippen LogP contribution is -2.40. The van der Waals surface area contributed by atoms with Gasteiger partial charge in [0.2, 0.25) is 0 Å². The molecule has 0 radical (unpaired) electrons. The van der Waals surface area contributed by atoms with E-state index in [0.29, 0.717) is 18.0 Å². The van der Waals surface area contributed by atoms with E-state index >= 15 is 0 Å². The minimum atomic E-state index is -4.31. The van der Waals surface area contributed by atoms with Gasteiger partial charge >= 0.3 is 6.18 Å². The monoisotopic (exact) mass is 449 g/mol. The molecule has 0 saturated carbocycles. The normalized spacial score (nSPS) is 19.2. The summed E-state index contributed by atoms with van der Waals surface area (Å²) < 4.78 is 47.2. The van der Waals surface area contributed by atoms with Gasteiger partial charge in [0.15, 0.2) is 5.96 Å². The quantitative estimate of drug-likeness (QED) is 0.434. The Morgan fingerprint density at radius 3 is 2.47 bits per heavy atom. The first kappa shape index (κ1) is 24.1. The van der Waals surface area contributed by atoms with Crippen molar-refractivity contribution in [2.24, 2.45) is 10.9 Å². The molecular weight excluding hydrogens is 419 g/mol. The fourth-order valence-corrected chi connectivity index (χ4v) is 3.62. The van der Waals surface area contributed by atoms with E-state index in [1.54, 1.807) is 12.1 Å². The van der Waals surface area contributed by atoms with Crippen LogP contribution in [-0.2, 0) is 22.6 Å². The van der Waals surface area contributed by atoms with E-state index in [1.807, 2.05) is 37.3 Å². The van der Waals surface area contributed by atoms with Crippen molar-refractivity contribution < 1.29 is 22.6 Å². The summed E-state index contributed by atoms with van der Waals surface area (Å²) in [6.07, 6.45) is -3.24. The number of guanidine groups is 1. The smallest absolute Gasteiger partial charge is 0.373 e. The first-order chi connectivity index (χ1) is 15.4. The van der Waals surface area contributed by atoms with Gasteiger partial charge in [-0.05, 0) is 30.0 Å². The third-order valence-electron chi connectivity index (χ3n) is 5.20. The van der Waals surface area contributed by atoms with Crippen molar-refractivity contribution in [1.29, 1.82) is 0 Å². The molecule has 174 valence electrons. The number of hydrogen-bond acceptors (Lipinski definition) is 3. The zero-order chi connectivity index (χ0) is 22.8. The van der Waals surface area contributed by atoms with Gasteiger partial charge in [0.1, 0.15) is 6.61 Å². The molecule has 32 heavy (non-hydrogen) atoms. The summed E-state index contributed by atoms with van der Waals surface area (Å²) in [5.41, 5.74) is 2.85. The number of halogens is 3. The highest BCUT2D eigenvalue weighted by Gasteiger charge is 2.29. The standard InChI is InChI=1S/C24H30F3N3O2/c1-2-28-23(30-15-21-12-13-32-22(21)20-6-4-3-5-7-20)29-14-18-8-10-19(11-9-18)16-31-17-24(25,26)27/h3-11,21-22H,2,12-17H2,1H3,(H2,28,29,30). The second-order valence-electron chi connectivity index (χ2n) is 7.75. The minimum Gasteiger partial charge on any atom is -0.373 e. The number of alkyl halides is 3. The summed E-state index contributed by atoms with van der Waals surface area (Å²) in [7, 11) is 0. The van der Waals surface area contributed by atoms with E-state index in [-0.39, 0.29) is 12.7 Å². The maximum Gasteiger partial charge on any atom is 0.411 e. The molecule has 2 N–H and O–H groups in total. The van der Waals surface area contributed by atoms with Gasteiger partial charge in [0.05, 0.1) is 19.3 Å². The molecule has 0 spiro atoms. The highest BCUT2D eigenvalue weighted by molar-refractivity contribution is 5.79. The van der Waals surface area contributed by atoms with Crippen LogP contribution in [0.1, 0.15) is 36.1 Å². The molecule has 1 aliphatic heterocycles. The molecule has 2 atom stereocenters. The molecule has 1 aliphatic rings. The molecular formula is C24H30F3N3O2. The molecule has 2 aromatic carbocycles. The fourth-order valence-electron chi connectivity index (χ4n) is 3.62. The Kier molecular flexibility index (Phi) is 8.93. The summed E-state index contributed by atoms with van der Waals surface area (Å²) in [5, 5.41) is 6.67. The average Bonchev–Trinajstić information content (AvgIpc) is 3.25. The van der Waals surface area contributed by atoms with E-state index in [1.165, 1.54) is 5.56 Å². The number of ether oxygens (including phenoxy) is 2. The minimum absolute atomic E-state index is 0.0701. The van der Waals surface area contributed by atoms with Crippen LogP contribution in [0.15, 0.2) is 59.6 Å². The predicted octanol–water partition coefficient (Wildman–Crippen LogP) is 4.60. The molecule has 0 bridgehead atoms. The van der Waals surface area contributed by atoms with Crippen LogP contribution >= 0.6 is 0 Å². The number of aliphatic imine (C=N–C) groups is 1. The Balaban J connectivity index is 1.51. The number of nitrogens with zero attached hydrogens (tertiary/aromatic N) is 1. The van der Waals surface area contributed by atoms with Gasteiger partial charge in [-0.2, -0.15) is 13.2 Å². The number of rotatable bonds is 9. The topological polar surface area (TPSA) is 54.9 Å². The molecule has 1 saturated heterocycles. The van der Waals surface area contributed by atoms with Crippen LogP contribution < -0.4 is 10.6 Å². The highest BCUT2D eigenvalue weighted by Crippen LogP contribution is 2.33. The van der Waals surface area contributed by atoms with Crippen LogP contribution in [0.4, 0.5) is 13.2 Å². The van der Waals surface area contributed by atoms with Crippen molar-refractivity contribution in [2.75, 3.05) is 26.3 Å². The molecule has 0 aromatic heterocycles. The molecule has 2 aromatic rings. The summed E-state index contributed by atoms with van der Waals surface area (Å²) in [4.78, 5) is 4.64. The van der Waals surface area contributed by atoms with E-state index in [4.69, 9.17) is 9.47 Å². The van der Waals surface area contributed by atoms with Crippen molar-refractivity contribution in [2.45, 2.75) is 38.8 Å². The molecule has 0 aliphatic carbocycles. The van der Waals surface area contributed by atoms with Crippen LogP contribution in [0.5, 0.6) is 0 Å². The highest BCUT2D eigenvalue weighted by atomic mass is 19.4. The maximum absolute atomic E-state index is 12.2. The van der Waals surface area contributed by atoms with Crippen molar-refractivity contribution in [3.05, 3.63) is 71.3 Å². The van der Waals surface area contributed by atoms with E-state index in [9.17, 15) is 13.2 Å². The average molecular weight is 450 g/mol. The fraction of sp³-hybridized carbons (Fsp3) is 0.458. The first-order valence-electron chi connectivity index (χ1n) is 10.9. The summed E-state index contributed by atoms with van der Waals surface area (Å²) in [5.74, 6) is 1.08.